The number of hydrogen-bond acceptors (Lipinski definition) is 11. The van der Waals surface area contributed by atoms with Gasteiger partial charge in [-0.05, 0) is 125 Å². The lowest BCUT2D eigenvalue weighted by Crippen LogP contribution is -2.46. The summed E-state index contributed by atoms with van der Waals surface area (Å²) in [5.41, 5.74) is -1.31. The van der Waals surface area contributed by atoms with Crippen molar-refractivity contribution in [3.05, 3.63) is 124 Å². The monoisotopic (exact) mass is 961 g/mol. The lowest BCUT2D eigenvalue weighted by atomic mass is 9.96. The molecule has 2 aliphatic rings. The molecule has 2 N–H and O–H groups in total. The predicted octanol–water partition coefficient (Wildman–Crippen LogP) is 9.09. The molecule has 0 spiro atoms. The highest BCUT2D eigenvalue weighted by Gasteiger charge is 2.48. The zero-order valence-electron chi connectivity index (χ0n) is 34.7. The third-order valence-electron chi connectivity index (χ3n) is 11.3. The molecule has 0 radical (unpaired) electrons. The Morgan fingerprint density at radius 1 is 0.889 bits per heavy atom. The molecular formula is C44H48Cl2F3N7O4S3. The van der Waals surface area contributed by atoms with Crippen molar-refractivity contribution in [2.24, 2.45) is 0 Å². The minimum absolute atomic E-state index is 0.00181. The Labute approximate surface area is 381 Å². The van der Waals surface area contributed by atoms with Gasteiger partial charge in [0.25, 0.3) is 19.9 Å². The van der Waals surface area contributed by atoms with Gasteiger partial charge in [-0.2, -0.15) is 13.2 Å². The van der Waals surface area contributed by atoms with E-state index in [1.54, 1.807) is 18.2 Å². The number of halogens is 5. The summed E-state index contributed by atoms with van der Waals surface area (Å²) in [5, 5.41) is 4.19. The number of sulfonamides is 1. The van der Waals surface area contributed by atoms with Crippen LogP contribution in [0.1, 0.15) is 36.1 Å². The molecule has 1 unspecified atom stereocenters. The van der Waals surface area contributed by atoms with Crippen LogP contribution in [0.5, 0.6) is 0 Å². The molecule has 1 aromatic heterocycles. The van der Waals surface area contributed by atoms with Crippen molar-refractivity contribution in [3.8, 4) is 11.1 Å². The quantitative estimate of drug-likeness (QED) is 0.0920. The van der Waals surface area contributed by atoms with Crippen LogP contribution < -0.4 is 10.0 Å². The lowest BCUT2D eigenvalue weighted by molar-refractivity contribution is -0.0435. The van der Waals surface area contributed by atoms with Gasteiger partial charge < -0.3 is 10.2 Å². The summed E-state index contributed by atoms with van der Waals surface area (Å²) in [6.45, 7) is 4.24. The standard InChI is InChI=1S/C44H48Cl2F3N7O4S3/c1-54(2)20-16-34(28-61-36-8-5-7-33(46)24-36)52-40-15-14-37(25-42(40)62(57,58)44(47,48)49)63(59,60)53-43-39-19-23-56(27-41(39)50-29-51-43)35-17-21-55(22-18-35)26-31-6-3-4-9-38(31)30-10-12-32(45)13-11-30/h3-15,24-25,29,34-35,52H,16-23,26-28H2,1-2H3,(H,50,51,53). The highest BCUT2D eigenvalue weighted by Crippen LogP contribution is 2.38. The fourth-order valence-corrected chi connectivity index (χ4v) is 11.4. The fraction of sp³-hybridized carbons (Fsp3) is 0.364. The maximum Gasteiger partial charge on any atom is 0.501 e. The number of nitrogens with one attached hydrogen (secondary N) is 2. The number of alkyl halides is 3. The first-order chi connectivity index (χ1) is 30.0. The molecule has 0 amide bonds. The third-order valence-corrected chi connectivity index (χ3v) is 15.8. The van der Waals surface area contributed by atoms with Crippen LogP contribution in [0.3, 0.4) is 0 Å². The lowest BCUT2D eigenvalue weighted by Gasteiger charge is -2.40. The summed E-state index contributed by atoms with van der Waals surface area (Å²) in [6.07, 6.45) is 4.00. The molecule has 1 atom stereocenters. The number of anilines is 2. The second-order valence-electron chi connectivity index (χ2n) is 16.0. The van der Waals surface area contributed by atoms with Gasteiger partial charge in [-0.15, -0.1) is 11.8 Å². The topological polar surface area (TPSA) is 128 Å². The van der Waals surface area contributed by atoms with Crippen molar-refractivity contribution in [2.45, 2.75) is 71.1 Å². The predicted molar refractivity (Wildman–Crippen MR) is 245 cm³/mol. The minimum Gasteiger partial charge on any atom is -0.380 e. The van der Waals surface area contributed by atoms with E-state index in [0.29, 0.717) is 65.6 Å². The van der Waals surface area contributed by atoms with Gasteiger partial charge in [0.2, 0.25) is 0 Å². The van der Waals surface area contributed by atoms with E-state index in [1.165, 1.54) is 29.2 Å². The maximum absolute atomic E-state index is 14.2. The van der Waals surface area contributed by atoms with E-state index in [9.17, 15) is 30.0 Å². The number of nitrogens with zero attached hydrogens (tertiary/aromatic N) is 5. The van der Waals surface area contributed by atoms with E-state index in [1.807, 2.05) is 55.4 Å². The molecular weight excluding hydrogens is 915 g/mol. The first kappa shape index (κ1) is 47.0. The van der Waals surface area contributed by atoms with Crippen molar-refractivity contribution < 1.29 is 30.0 Å². The van der Waals surface area contributed by atoms with Crippen LogP contribution in [-0.2, 0) is 39.4 Å². The Kier molecular flexibility index (Phi) is 15.0. The van der Waals surface area contributed by atoms with Gasteiger partial charge in [-0.25, -0.2) is 26.8 Å². The van der Waals surface area contributed by atoms with Crippen LogP contribution in [0.4, 0.5) is 24.7 Å². The Morgan fingerprint density at radius 3 is 2.35 bits per heavy atom. The molecule has 1 saturated heterocycles. The van der Waals surface area contributed by atoms with Gasteiger partial charge in [0.1, 0.15) is 17.0 Å². The molecule has 5 aromatic rings. The molecule has 3 heterocycles. The minimum atomic E-state index is -6.01. The van der Waals surface area contributed by atoms with Crippen LogP contribution in [0, 0.1) is 0 Å². The summed E-state index contributed by atoms with van der Waals surface area (Å²) in [7, 11) is -6.95. The molecule has 0 bridgehead atoms. The summed E-state index contributed by atoms with van der Waals surface area (Å²) in [6, 6.07) is 25.8. The Morgan fingerprint density at radius 2 is 1.63 bits per heavy atom. The van der Waals surface area contributed by atoms with Gasteiger partial charge in [0.15, 0.2) is 0 Å². The fourth-order valence-electron chi connectivity index (χ4n) is 7.93. The molecule has 1 fully saturated rings. The molecule has 4 aromatic carbocycles. The number of benzene rings is 4. The van der Waals surface area contributed by atoms with Crippen LogP contribution in [-0.4, -0.2) is 105 Å². The summed E-state index contributed by atoms with van der Waals surface area (Å²) >= 11 is 13.7. The molecule has 2 aliphatic heterocycles. The normalized spacial score (nSPS) is 16.2. The highest BCUT2D eigenvalue weighted by molar-refractivity contribution is 7.99. The van der Waals surface area contributed by atoms with E-state index in [-0.39, 0.29) is 17.5 Å². The van der Waals surface area contributed by atoms with Crippen molar-refractivity contribution >= 4 is 66.3 Å². The van der Waals surface area contributed by atoms with Crippen LogP contribution in [0.15, 0.2) is 112 Å². The second kappa shape index (κ2) is 20.1. The number of fused-ring (bicyclic) bond motifs is 1. The molecule has 7 rings (SSSR count). The van der Waals surface area contributed by atoms with E-state index < -0.39 is 41.2 Å². The number of piperidine rings is 1. The van der Waals surface area contributed by atoms with Gasteiger partial charge in [-0.1, -0.05) is 65.7 Å². The third kappa shape index (κ3) is 11.7. The van der Waals surface area contributed by atoms with E-state index >= 15 is 0 Å². The SMILES string of the molecule is CN(C)CCC(CSc1cccc(Cl)c1)Nc1ccc(S(=O)(=O)Nc2ncnc3c2CCN(C2CCN(Cc4ccccc4-c4ccc(Cl)cc4)CC2)C3)cc1S(=O)(=O)C(F)(F)F. The first-order valence-corrected chi connectivity index (χ1v) is 25.1. The summed E-state index contributed by atoms with van der Waals surface area (Å²) in [4.78, 5) is 14.4. The number of sulfone groups is 1. The maximum atomic E-state index is 14.2. The van der Waals surface area contributed by atoms with Crippen molar-refractivity contribution in [1.29, 1.82) is 0 Å². The van der Waals surface area contributed by atoms with Gasteiger partial charge in [0, 0.05) is 58.0 Å². The number of hydrogen-bond donors (Lipinski definition) is 2. The van der Waals surface area contributed by atoms with Gasteiger partial charge >= 0.3 is 5.51 Å². The second-order valence-corrected chi connectivity index (χ2v) is 21.5. The first-order valence-electron chi connectivity index (χ1n) is 20.4. The molecule has 19 heteroatoms. The average Bonchev–Trinajstić information content (AvgIpc) is 3.25. The van der Waals surface area contributed by atoms with E-state index in [4.69, 9.17) is 23.2 Å². The number of aromatic nitrogens is 2. The molecule has 336 valence electrons. The van der Waals surface area contributed by atoms with E-state index in [0.717, 1.165) is 55.1 Å². The van der Waals surface area contributed by atoms with E-state index in [2.05, 4.69) is 48.0 Å². The summed E-state index contributed by atoms with van der Waals surface area (Å²) in [5.74, 6) is 0.343. The van der Waals surface area contributed by atoms with Gasteiger partial charge in [0.05, 0.1) is 16.3 Å². The van der Waals surface area contributed by atoms with Crippen molar-refractivity contribution in [1.82, 2.24) is 24.7 Å². The molecule has 0 aliphatic carbocycles. The summed E-state index contributed by atoms with van der Waals surface area (Å²) < 4.78 is 98.9. The number of thioether (sulfide) groups is 1. The zero-order valence-corrected chi connectivity index (χ0v) is 38.6. The van der Waals surface area contributed by atoms with Crippen molar-refractivity contribution in [2.75, 3.05) is 56.1 Å². The zero-order chi connectivity index (χ0) is 44.9. The van der Waals surface area contributed by atoms with Crippen molar-refractivity contribution in [3.63, 3.8) is 0 Å². The number of likely N-dealkylation sites (tertiary alicyclic amines) is 1. The van der Waals surface area contributed by atoms with Crippen LogP contribution in [0.25, 0.3) is 11.1 Å². The Bertz CT molecular complexity index is 2620. The van der Waals surface area contributed by atoms with Gasteiger partial charge in [-0.3, -0.25) is 14.5 Å². The number of rotatable bonds is 16. The van der Waals surface area contributed by atoms with Crippen LogP contribution >= 0.6 is 35.0 Å². The smallest absolute Gasteiger partial charge is 0.380 e. The highest BCUT2D eigenvalue weighted by atomic mass is 35.5. The molecule has 0 saturated carbocycles. The average molecular weight is 963 g/mol. The molecule has 63 heavy (non-hydrogen) atoms. The Balaban J connectivity index is 1.04. The molecule has 11 nitrogen and oxygen atoms in total. The largest absolute Gasteiger partial charge is 0.501 e. The van der Waals surface area contributed by atoms with Crippen LogP contribution in [0.2, 0.25) is 10.0 Å². The Hall–Kier alpha value is -3.94.